The minimum Gasteiger partial charge on any atom is -0.454 e. The second-order valence-corrected chi connectivity index (χ2v) is 13.4. The molecule has 10 rings (SSSR count). The van der Waals surface area contributed by atoms with Gasteiger partial charge in [0.15, 0.2) is 5.58 Å². The SMILES string of the molecule is c1ccc(-c2ccc(N(c3ccc(-c4ccc5ccccc5c4)cc3)c3cccc4c3oc3cc5ccccc5cc34)cc2-c2ccccc2)cc1. The largest absolute Gasteiger partial charge is 0.454 e. The van der Waals surface area contributed by atoms with Crippen LogP contribution >= 0.6 is 0 Å². The molecule has 52 heavy (non-hydrogen) atoms. The predicted molar refractivity (Wildman–Crippen MR) is 220 cm³/mol. The number of nitrogens with zero attached hydrogens (tertiary/aromatic N) is 1. The summed E-state index contributed by atoms with van der Waals surface area (Å²) in [7, 11) is 0. The maximum atomic E-state index is 6.82. The Morgan fingerprint density at radius 2 is 0.923 bits per heavy atom. The van der Waals surface area contributed by atoms with Crippen molar-refractivity contribution in [2.75, 3.05) is 4.90 Å². The van der Waals surface area contributed by atoms with Crippen LogP contribution in [0.2, 0.25) is 0 Å². The molecular formula is C50H33NO. The van der Waals surface area contributed by atoms with Gasteiger partial charge < -0.3 is 9.32 Å². The van der Waals surface area contributed by atoms with Gasteiger partial charge in [-0.15, -0.1) is 0 Å². The molecular weight excluding hydrogens is 631 g/mol. The average molecular weight is 664 g/mol. The van der Waals surface area contributed by atoms with E-state index in [1.54, 1.807) is 0 Å². The first-order chi connectivity index (χ1) is 25.8. The summed E-state index contributed by atoms with van der Waals surface area (Å²) in [5.41, 5.74) is 11.9. The lowest BCUT2D eigenvalue weighted by Crippen LogP contribution is -2.10. The molecule has 0 atom stereocenters. The van der Waals surface area contributed by atoms with Gasteiger partial charge in [0.2, 0.25) is 0 Å². The maximum Gasteiger partial charge on any atom is 0.159 e. The van der Waals surface area contributed by atoms with E-state index < -0.39 is 0 Å². The van der Waals surface area contributed by atoms with Gasteiger partial charge in [-0.1, -0.05) is 152 Å². The van der Waals surface area contributed by atoms with E-state index in [9.17, 15) is 0 Å². The average Bonchev–Trinajstić information content (AvgIpc) is 3.59. The molecule has 1 heterocycles. The highest BCUT2D eigenvalue weighted by Gasteiger charge is 2.21. The number of anilines is 3. The molecule has 2 nitrogen and oxygen atoms in total. The van der Waals surface area contributed by atoms with Gasteiger partial charge in [0.05, 0.1) is 5.69 Å². The quantitative estimate of drug-likeness (QED) is 0.176. The Morgan fingerprint density at radius 3 is 1.65 bits per heavy atom. The van der Waals surface area contributed by atoms with E-state index in [2.05, 4.69) is 205 Å². The number of benzene rings is 9. The monoisotopic (exact) mass is 663 g/mol. The van der Waals surface area contributed by atoms with Crippen LogP contribution in [0.4, 0.5) is 17.1 Å². The predicted octanol–water partition coefficient (Wildman–Crippen LogP) is 14.4. The first kappa shape index (κ1) is 30.0. The van der Waals surface area contributed by atoms with Crippen LogP contribution in [0.5, 0.6) is 0 Å². The molecule has 1 aromatic heterocycles. The number of fused-ring (bicyclic) bond motifs is 5. The van der Waals surface area contributed by atoms with Gasteiger partial charge in [-0.05, 0) is 103 Å². The fourth-order valence-electron chi connectivity index (χ4n) is 7.64. The van der Waals surface area contributed by atoms with Gasteiger partial charge in [0, 0.05) is 22.1 Å². The highest BCUT2D eigenvalue weighted by atomic mass is 16.3. The van der Waals surface area contributed by atoms with Crippen molar-refractivity contribution in [3.8, 4) is 33.4 Å². The van der Waals surface area contributed by atoms with Crippen molar-refractivity contribution in [2.45, 2.75) is 0 Å². The third-order valence-corrected chi connectivity index (χ3v) is 10.2. The Morgan fingerprint density at radius 1 is 0.327 bits per heavy atom. The zero-order valence-electron chi connectivity index (χ0n) is 28.4. The number of furan rings is 1. The van der Waals surface area contributed by atoms with Crippen LogP contribution in [0.15, 0.2) is 205 Å². The smallest absolute Gasteiger partial charge is 0.159 e. The van der Waals surface area contributed by atoms with E-state index in [1.165, 1.54) is 54.9 Å². The molecule has 0 aliphatic heterocycles. The van der Waals surface area contributed by atoms with Gasteiger partial charge in [-0.2, -0.15) is 0 Å². The van der Waals surface area contributed by atoms with Crippen LogP contribution in [0.25, 0.3) is 76.9 Å². The van der Waals surface area contributed by atoms with Gasteiger partial charge in [0.25, 0.3) is 0 Å². The van der Waals surface area contributed by atoms with Crippen molar-refractivity contribution in [3.63, 3.8) is 0 Å². The standard InChI is InChI=1S/C50H33NO/c1-3-13-36(14-4-1)44-29-28-43(33-46(44)37-15-5-2-6-16-37)51(42-26-24-35(25-27-42)41-23-22-34-12-7-8-17-38(34)30-41)48-21-11-20-45-47-31-39-18-9-10-19-40(39)32-49(47)52-50(45)48/h1-33H. The number of rotatable bonds is 6. The molecule has 9 aromatic carbocycles. The molecule has 244 valence electrons. The van der Waals surface area contributed by atoms with E-state index in [4.69, 9.17) is 4.42 Å². The minimum absolute atomic E-state index is 0.861. The molecule has 0 saturated heterocycles. The molecule has 10 aromatic rings. The zero-order chi connectivity index (χ0) is 34.4. The third-order valence-electron chi connectivity index (χ3n) is 10.2. The Kier molecular flexibility index (Phi) is 7.18. The van der Waals surface area contributed by atoms with Crippen LogP contribution in [0, 0.1) is 0 Å². The molecule has 0 fully saturated rings. The minimum atomic E-state index is 0.861. The van der Waals surface area contributed by atoms with Crippen molar-refractivity contribution in [2.24, 2.45) is 0 Å². The lowest BCUT2D eigenvalue weighted by molar-refractivity contribution is 0.669. The van der Waals surface area contributed by atoms with Crippen molar-refractivity contribution in [1.82, 2.24) is 0 Å². The van der Waals surface area contributed by atoms with Gasteiger partial charge in [0.1, 0.15) is 5.58 Å². The highest BCUT2D eigenvalue weighted by Crippen LogP contribution is 2.45. The van der Waals surface area contributed by atoms with E-state index in [1.807, 2.05) is 0 Å². The molecule has 0 N–H and O–H groups in total. The maximum absolute atomic E-state index is 6.82. The Labute approximate surface area is 302 Å². The van der Waals surface area contributed by atoms with Crippen LogP contribution < -0.4 is 4.90 Å². The zero-order valence-corrected chi connectivity index (χ0v) is 28.4. The van der Waals surface area contributed by atoms with E-state index >= 15 is 0 Å². The molecule has 2 heteroatoms. The summed E-state index contributed by atoms with van der Waals surface area (Å²) in [4.78, 5) is 2.34. The Hall–Kier alpha value is -6.90. The van der Waals surface area contributed by atoms with Crippen LogP contribution in [0.3, 0.4) is 0 Å². The van der Waals surface area contributed by atoms with Gasteiger partial charge in [-0.3, -0.25) is 0 Å². The summed E-state index contributed by atoms with van der Waals surface area (Å²) >= 11 is 0. The topological polar surface area (TPSA) is 16.4 Å². The third kappa shape index (κ3) is 5.21. The van der Waals surface area contributed by atoms with Crippen molar-refractivity contribution in [3.05, 3.63) is 200 Å². The molecule has 0 radical (unpaired) electrons. The lowest BCUT2D eigenvalue weighted by atomic mass is 9.93. The number of para-hydroxylation sites is 1. The molecule has 0 unspecified atom stereocenters. The number of hydrogen-bond donors (Lipinski definition) is 0. The molecule has 0 bridgehead atoms. The summed E-state index contributed by atoms with van der Waals surface area (Å²) in [5.74, 6) is 0. The molecule has 0 aliphatic rings. The first-order valence-electron chi connectivity index (χ1n) is 17.8. The molecule has 0 aliphatic carbocycles. The summed E-state index contributed by atoms with van der Waals surface area (Å²) in [5, 5.41) is 7.07. The summed E-state index contributed by atoms with van der Waals surface area (Å²) in [6.07, 6.45) is 0. The lowest BCUT2D eigenvalue weighted by Gasteiger charge is -2.27. The van der Waals surface area contributed by atoms with Gasteiger partial charge >= 0.3 is 0 Å². The van der Waals surface area contributed by atoms with E-state index in [0.717, 1.165) is 39.0 Å². The number of hydrogen-bond acceptors (Lipinski definition) is 2. The second-order valence-electron chi connectivity index (χ2n) is 13.4. The second kappa shape index (κ2) is 12.5. The van der Waals surface area contributed by atoms with Gasteiger partial charge in [-0.25, -0.2) is 0 Å². The Bertz CT molecular complexity index is 2890. The summed E-state index contributed by atoms with van der Waals surface area (Å²) < 4.78 is 6.82. The molecule has 0 saturated carbocycles. The molecule has 0 spiro atoms. The van der Waals surface area contributed by atoms with Crippen LogP contribution in [-0.4, -0.2) is 0 Å². The molecule has 0 amide bonds. The Balaban J connectivity index is 1.18. The van der Waals surface area contributed by atoms with Crippen molar-refractivity contribution in [1.29, 1.82) is 0 Å². The van der Waals surface area contributed by atoms with Crippen LogP contribution in [-0.2, 0) is 0 Å². The fourth-order valence-corrected chi connectivity index (χ4v) is 7.64. The van der Waals surface area contributed by atoms with Crippen LogP contribution in [0.1, 0.15) is 0 Å². The van der Waals surface area contributed by atoms with Crippen molar-refractivity contribution >= 4 is 60.5 Å². The summed E-state index contributed by atoms with van der Waals surface area (Å²) in [6.45, 7) is 0. The van der Waals surface area contributed by atoms with E-state index in [-0.39, 0.29) is 0 Å². The highest BCUT2D eigenvalue weighted by molar-refractivity contribution is 6.14. The van der Waals surface area contributed by atoms with E-state index in [0.29, 0.717) is 0 Å². The first-order valence-corrected chi connectivity index (χ1v) is 17.8. The normalized spacial score (nSPS) is 11.5. The fraction of sp³-hybridized carbons (Fsp3) is 0. The van der Waals surface area contributed by atoms with Crippen molar-refractivity contribution < 1.29 is 4.42 Å². The summed E-state index contributed by atoms with van der Waals surface area (Å²) in [6, 6.07) is 71.7.